The van der Waals surface area contributed by atoms with E-state index >= 15 is 0 Å². The summed E-state index contributed by atoms with van der Waals surface area (Å²) >= 11 is 0. The van der Waals surface area contributed by atoms with Gasteiger partial charge in [0.1, 0.15) is 5.82 Å². The van der Waals surface area contributed by atoms with Gasteiger partial charge >= 0.3 is 0 Å². The van der Waals surface area contributed by atoms with E-state index in [1.54, 1.807) is 0 Å². The first kappa shape index (κ1) is 15.3. The number of rotatable bonds is 5. The molecule has 1 aliphatic carbocycles. The van der Waals surface area contributed by atoms with Crippen LogP contribution in [-0.2, 0) is 9.05 Å². The summed E-state index contributed by atoms with van der Waals surface area (Å²) < 4.78 is 35.9. The molecule has 0 unspecified atom stereocenters. The van der Waals surface area contributed by atoms with Crippen LogP contribution in [0.4, 0.5) is 4.39 Å². The molecule has 1 aliphatic rings. The predicted octanol–water partition coefficient (Wildman–Crippen LogP) is 2.67. The zero-order chi connectivity index (χ0) is 14.8. The summed E-state index contributed by atoms with van der Waals surface area (Å²) in [5.41, 5.74) is -0.305. The van der Waals surface area contributed by atoms with E-state index in [2.05, 4.69) is 5.32 Å². The summed E-state index contributed by atoms with van der Waals surface area (Å²) in [4.78, 5) is 11.6. The zero-order valence-electron chi connectivity index (χ0n) is 10.7. The summed E-state index contributed by atoms with van der Waals surface area (Å²) in [6, 6.07) is 2.91. The van der Waals surface area contributed by atoms with Gasteiger partial charge in [0.25, 0.3) is 15.0 Å². The highest BCUT2D eigenvalue weighted by Crippen LogP contribution is 2.28. The maximum absolute atomic E-state index is 13.6. The van der Waals surface area contributed by atoms with Gasteiger partial charge in [0.2, 0.25) is 0 Å². The van der Waals surface area contributed by atoms with E-state index in [1.165, 1.54) is 19.3 Å². The Labute approximate surface area is 121 Å². The van der Waals surface area contributed by atoms with Crippen molar-refractivity contribution >= 4 is 25.6 Å². The van der Waals surface area contributed by atoms with Crippen LogP contribution in [0.25, 0.3) is 0 Å². The molecular weight excluding hydrogens is 305 g/mol. The van der Waals surface area contributed by atoms with Crippen molar-refractivity contribution in [3.05, 3.63) is 29.6 Å². The minimum Gasteiger partial charge on any atom is -0.352 e. The zero-order valence-corrected chi connectivity index (χ0v) is 12.3. The molecule has 1 amide bonds. The minimum atomic E-state index is -3.98. The molecule has 1 fully saturated rings. The largest absolute Gasteiger partial charge is 0.352 e. The Kier molecular flexibility index (Phi) is 4.65. The lowest BCUT2D eigenvalue weighted by atomic mass is 9.83. The predicted molar refractivity (Wildman–Crippen MR) is 73.7 cm³/mol. The quantitative estimate of drug-likeness (QED) is 0.849. The fraction of sp³-hybridized carbons (Fsp3) is 0.462. The Morgan fingerprint density at radius 2 is 2.10 bits per heavy atom. The second kappa shape index (κ2) is 6.10. The molecule has 0 atom stereocenters. The summed E-state index contributed by atoms with van der Waals surface area (Å²) in [6.07, 6.45) is 4.43. The first-order chi connectivity index (χ1) is 9.38. The van der Waals surface area contributed by atoms with Gasteiger partial charge in [0.15, 0.2) is 0 Å². The molecule has 1 N–H and O–H groups in total. The van der Waals surface area contributed by atoms with Gasteiger partial charge < -0.3 is 5.32 Å². The minimum absolute atomic E-state index is 0.287. The third-order valence-corrected chi connectivity index (χ3v) is 4.88. The van der Waals surface area contributed by atoms with Gasteiger partial charge in [-0.2, -0.15) is 0 Å². The van der Waals surface area contributed by atoms with E-state index in [-0.39, 0.29) is 10.5 Å². The fourth-order valence-corrected chi connectivity index (χ4v) is 2.87. The van der Waals surface area contributed by atoms with E-state index in [0.717, 1.165) is 24.6 Å². The number of halogens is 2. The Morgan fingerprint density at radius 3 is 2.65 bits per heavy atom. The first-order valence-corrected chi connectivity index (χ1v) is 8.71. The molecule has 1 aromatic carbocycles. The van der Waals surface area contributed by atoms with Gasteiger partial charge in [-0.25, -0.2) is 12.8 Å². The maximum Gasteiger partial charge on any atom is 0.261 e. The molecule has 1 aromatic rings. The molecule has 1 saturated carbocycles. The van der Waals surface area contributed by atoms with Crippen LogP contribution in [0.5, 0.6) is 0 Å². The molecule has 0 aliphatic heterocycles. The van der Waals surface area contributed by atoms with Crippen LogP contribution >= 0.6 is 10.7 Å². The van der Waals surface area contributed by atoms with Gasteiger partial charge in [-0.1, -0.05) is 19.3 Å². The molecule has 4 nitrogen and oxygen atoms in total. The number of hydrogen-bond acceptors (Lipinski definition) is 3. The fourth-order valence-electron chi connectivity index (χ4n) is 2.10. The Morgan fingerprint density at radius 1 is 1.40 bits per heavy atom. The average Bonchev–Trinajstić information content (AvgIpc) is 2.31. The summed E-state index contributed by atoms with van der Waals surface area (Å²) in [5, 5.41) is 2.60. The first-order valence-electron chi connectivity index (χ1n) is 6.40. The smallest absolute Gasteiger partial charge is 0.261 e. The molecule has 0 heterocycles. The summed E-state index contributed by atoms with van der Waals surface area (Å²) in [7, 11) is 1.20. The third kappa shape index (κ3) is 3.70. The second-order valence-electron chi connectivity index (χ2n) is 4.92. The lowest BCUT2D eigenvalue weighted by Gasteiger charge is -2.25. The Bertz CT molecular complexity index is 614. The number of carbonyl (C=O) groups is 1. The molecule has 2 rings (SSSR count). The standard InChI is InChI=1S/C13H15ClFNO3S/c14-20(18,19)10-4-5-12(15)11(8-10)13(17)16-7-6-9-2-1-3-9/h4-5,8-9H,1-3,6-7H2,(H,16,17). The Hall–Kier alpha value is -1.14. The highest BCUT2D eigenvalue weighted by atomic mass is 35.7. The van der Waals surface area contributed by atoms with Crippen molar-refractivity contribution in [3.63, 3.8) is 0 Å². The number of benzene rings is 1. The summed E-state index contributed by atoms with van der Waals surface area (Å²) in [5.74, 6) is -0.756. The number of nitrogens with one attached hydrogen (secondary N) is 1. The van der Waals surface area contributed by atoms with E-state index in [9.17, 15) is 17.6 Å². The van der Waals surface area contributed by atoms with Crippen molar-refractivity contribution < 1.29 is 17.6 Å². The normalized spacial score (nSPS) is 15.7. The molecule has 20 heavy (non-hydrogen) atoms. The van der Waals surface area contributed by atoms with Crippen LogP contribution in [0.2, 0.25) is 0 Å². The molecule has 110 valence electrons. The molecule has 7 heteroatoms. The molecule has 0 saturated heterocycles. The van der Waals surface area contributed by atoms with Crippen molar-refractivity contribution in [2.24, 2.45) is 5.92 Å². The van der Waals surface area contributed by atoms with E-state index < -0.39 is 20.8 Å². The van der Waals surface area contributed by atoms with Crippen molar-refractivity contribution in [2.45, 2.75) is 30.6 Å². The SMILES string of the molecule is O=C(NCCC1CCC1)c1cc(S(=O)(=O)Cl)ccc1F. The van der Waals surface area contributed by atoms with Crippen LogP contribution in [0.1, 0.15) is 36.0 Å². The molecule has 0 spiro atoms. The third-order valence-electron chi connectivity index (χ3n) is 3.53. The second-order valence-corrected chi connectivity index (χ2v) is 7.49. The summed E-state index contributed by atoms with van der Waals surface area (Å²) in [6.45, 7) is 0.459. The van der Waals surface area contributed by atoms with E-state index in [0.29, 0.717) is 12.5 Å². The molecule has 0 aromatic heterocycles. The number of hydrogen-bond donors (Lipinski definition) is 1. The van der Waals surface area contributed by atoms with Crippen LogP contribution in [0.15, 0.2) is 23.1 Å². The average molecular weight is 320 g/mol. The number of carbonyl (C=O) groups excluding carboxylic acids is 1. The molecule has 0 radical (unpaired) electrons. The highest BCUT2D eigenvalue weighted by molar-refractivity contribution is 8.13. The van der Waals surface area contributed by atoms with E-state index in [4.69, 9.17) is 10.7 Å². The van der Waals surface area contributed by atoms with Crippen molar-refractivity contribution in [3.8, 4) is 0 Å². The van der Waals surface area contributed by atoms with Gasteiger partial charge in [-0.3, -0.25) is 4.79 Å². The maximum atomic E-state index is 13.6. The van der Waals surface area contributed by atoms with Gasteiger partial charge in [-0.15, -0.1) is 0 Å². The van der Waals surface area contributed by atoms with Crippen molar-refractivity contribution in [1.29, 1.82) is 0 Å². The van der Waals surface area contributed by atoms with Gasteiger partial charge in [0, 0.05) is 17.2 Å². The number of amides is 1. The van der Waals surface area contributed by atoms with Crippen molar-refractivity contribution in [2.75, 3.05) is 6.54 Å². The topological polar surface area (TPSA) is 63.2 Å². The molecule has 0 bridgehead atoms. The van der Waals surface area contributed by atoms with Crippen molar-refractivity contribution in [1.82, 2.24) is 5.32 Å². The molecular formula is C13H15ClFNO3S. The monoisotopic (exact) mass is 319 g/mol. The van der Waals surface area contributed by atoms with Crippen LogP contribution in [-0.4, -0.2) is 20.9 Å². The van der Waals surface area contributed by atoms with E-state index in [1.807, 2.05) is 0 Å². The van der Waals surface area contributed by atoms with Gasteiger partial charge in [-0.05, 0) is 30.5 Å². The highest BCUT2D eigenvalue weighted by Gasteiger charge is 2.19. The Balaban J connectivity index is 2.04. The van der Waals surface area contributed by atoms with Crippen LogP contribution in [0, 0.1) is 11.7 Å². The lowest BCUT2D eigenvalue weighted by Crippen LogP contribution is -2.28. The lowest BCUT2D eigenvalue weighted by molar-refractivity contribution is 0.0944. The van der Waals surface area contributed by atoms with Crippen LogP contribution in [0.3, 0.4) is 0 Å². The van der Waals surface area contributed by atoms with Gasteiger partial charge in [0.05, 0.1) is 10.5 Å². The van der Waals surface area contributed by atoms with Crippen LogP contribution < -0.4 is 5.32 Å².